The monoisotopic (exact) mass is 554 g/mol. The molecule has 0 spiro atoms. The van der Waals surface area contributed by atoms with Gasteiger partial charge >= 0.3 is 0 Å². The van der Waals surface area contributed by atoms with E-state index in [2.05, 4.69) is 12.3 Å². The third kappa shape index (κ3) is 6.96. The molecule has 9 heavy (non-hydrogen) atoms. The van der Waals surface area contributed by atoms with Gasteiger partial charge in [0.25, 0.3) is 0 Å². The molecular weight excluding hydrogens is 545 g/mol. The molecule has 0 bridgehead atoms. The van der Waals surface area contributed by atoms with E-state index in [4.69, 9.17) is 0 Å². The van der Waals surface area contributed by atoms with Crippen LogP contribution in [0.2, 0.25) is 0 Å². The number of amides is 1. The average molecular weight is 553 g/mol. The van der Waals surface area contributed by atoms with Crippen LogP contribution in [-0.4, -0.2) is 25.0 Å². The minimum atomic E-state index is -0.289. The van der Waals surface area contributed by atoms with Gasteiger partial charge in [-0.25, -0.2) is 0 Å². The first-order valence-corrected chi connectivity index (χ1v) is 1.88. The van der Waals surface area contributed by atoms with Crippen LogP contribution < -0.4 is 0 Å². The van der Waals surface area contributed by atoms with Gasteiger partial charge in [-0.05, 0) is 7.05 Å². The van der Waals surface area contributed by atoms with Crippen LogP contribution in [0.15, 0.2) is 0 Å². The second kappa shape index (κ2) is 6.96. The van der Waals surface area contributed by atoms with Crippen molar-refractivity contribution in [2.24, 2.45) is 0 Å². The van der Waals surface area contributed by atoms with Crippen LogP contribution in [0, 0.1) is 6.92 Å². The van der Waals surface area contributed by atoms with E-state index in [0.29, 0.717) is 0 Å². The van der Waals surface area contributed by atoms with Gasteiger partial charge in [-0.2, -0.15) is 0 Å². The van der Waals surface area contributed by atoms with E-state index in [9.17, 15) is 4.79 Å². The van der Waals surface area contributed by atoms with Gasteiger partial charge in [0, 0.05) is 20.4 Å². The fraction of sp³-hybridized carbons (Fsp3) is 0.500. The summed E-state index contributed by atoms with van der Waals surface area (Å²) in [6.45, 7) is 3.10. The maximum atomic E-state index is 10.1. The van der Waals surface area contributed by atoms with Crippen LogP contribution in [0.5, 0.6) is 0 Å². The maximum Gasteiger partial charge on any atom is 0.0650 e. The second-order valence-electron chi connectivity index (χ2n) is 1.12. The molecule has 0 fully saturated rings. The first kappa shape index (κ1) is 15.7. The molecule has 1 radical (unpaired) electrons. The van der Waals surface area contributed by atoms with Crippen LogP contribution in [0.4, 0.5) is 0 Å². The van der Waals surface area contributed by atoms with Crippen molar-refractivity contribution < 1.29 is 25.2 Å². The Kier molecular flexibility index (Phi) is 12.1. The van der Waals surface area contributed by atoms with E-state index in [1.54, 1.807) is 7.05 Å². The summed E-state index contributed by atoms with van der Waals surface area (Å²) >= 11 is 0. The largest absolute Gasteiger partial charge is 0.571 e. The van der Waals surface area contributed by atoms with Gasteiger partial charge < -0.3 is 22.2 Å². The summed E-state index contributed by atoms with van der Waals surface area (Å²) in [5.41, 5.74) is 3.51. The van der Waals surface area contributed by atoms with Crippen molar-refractivity contribution in [3.8, 4) is 0 Å². The predicted molar refractivity (Wildman–Crippen MR) is 27.4 cm³/mol. The smallest absolute Gasteiger partial charge is 0.0650 e. The number of carbonyl (C=O) groups is 1. The maximum absolute atomic E-state index is 10.1. The van der Waals surface area contributed by atoms with Crippen molar-refractivity contribution in [1.29, 1.82) is 0 Å². The molecule has 0 rings (SSSR count). The van der Waals surface area contributed by atoms with Crippen molar-refractivity contribution in [3.05, 3.63) is 12.3 Å². The van der Waals surface area contributed by atoms with Crippen LogP contribution in [-0.2, 0) is 25.2 Å². The van der Waals surface area contributed by atoms with Gasteiger partial charge in [-0.1, -0.05) is 0 Å². The third-order valence-corrected chi connectivity index (χ3v) is 0.661. The molecule has 0 aromatic rings. The van der Waals surface area contributed by atoms with Crippen molar-refractivity contribution in [2.45, 2.75) is 0 Å². The molecular formula is C4H8N2OReRf-2. The Morgan fingerprint density at radius 3 is 2.00 bits per heavy atom. The van der Waals surface area contributed by atoms with Crippen molar-refractivity contribution in [3.63, 3.8) is 0 Å². The summed E-state index contributed by atoms with van der Waals surface area (Å²) in [4.78, 5) is 10.1. The molecule has 0 N–H and O–H groups in total. The van der Waals surface area contributed by atoms with Crippen LogP contribution >= 0.6 is 0 Å². The molecule has 3 nitrogen and oxygen atoms in total. The van der Waals surface area contributed by atoms with E-state index >= 15 is 0 Å². The number of carbonyl (C=O) groups excluding carboxylic acids is 1. The summed E-state index contributed by atoms with van der Waals surface area (Å²) in [5, 5.41) is 1.17. The molecule has 5 heteroatoms. The summed E-state index contributed by atoms with van der Waals surface area (Å²) in [6.07, 6.45) is 0. The fourth-order valence-electron chi connectivity index (χ4n) is 0.112. The molecule has 0 aliphatic carbocycles. The second-order valence-corrected chi connectivity index (χ2v) is 1.12. The van der Waals surface area contributed by atoms with Crippen LogP contribution in [0.25, 0.3) is 5.43 Å². The average Bonchev–Trinajstić information content (AvgIpc) is 1.65. The molecule has 0 aromatic carbocycles. The van der Waals surface area contributed by atoms with E-state index in [1.807, 2.05) is 0 Å². The Labute approximate surface area is 63.1 Å². The molecule has 0 atom stereocenters. The van der Waals surface area contributed by atoms with Gasteiger partial charge in [0.1, 0.15) is 0 Å². The first-order valence-electron chi connectivity index (χ1n) is 1.88. The van der Waals surface area contributed by atoms with Gasteiger partial charge in [0.05, 0.1) is 5.91 Å². The number of rotatable bonds is 1. The molecule has 0 aromatic heterocycles. The molecule has 1 amide bonds. The SMILES string of the molecule is [CH2-]C(=O)N(C)[N-]C.[Re].[Rf]. The van der Waals surface area contributed by atoms with Crippen molar-refractivity contribution in [2.75, 3.05) is 14.1 Å². The minimum Gasteiger partial charge on any atom is -0.571 e. The Morgan fingerprint density at radius 1 is 1.67 bits per heavy atom. The molecule has 51 valence electrons. The quantitative estimate of drug-likeness (QED) is 0.338. The Bertz CT molecular complexity index is 81.0. The first-order chi connectivity index (χ1) is 3.18. The van der Waals surface area contributed by atoms with Crippen LogP contribution in [0.3, 0.4) is 0 Å². The normalized spacial score (nSPS) is 6.44. The van der Waals surface area contributed by atoms with E-state index in [1.165, 1.54) is 12.1 Å². The summed E-state index contributed by atoms with van der Waals surface area (Å²) < 4.78 is 0. The topological polar surface area (TPSA) is 34.4 Å². The van der Waals surface area contributed by atoms with E-state index in [0.717, 1.165) is 0 Å². The standard InChI is InChI=1S/C4H8N2O.Re.Rf/c1-4(7)6(3)5-2;;/h1H2,2-3H3;;/q-2;;. The summed E-state index contributed by atoms with van der Waals surface area (Å²) in [5.74, 6) is -0.289. The van der Waals surface area contributed by atoms with Crippen LogP contribution in [0.1, 0.15) is 0 Å². The Hall–Kier alpha value is -1.04. The summed E-state index contributed by atoms with van der Waals surface area (Å²) in [6, 6.07) is 0. The number of hydrogen-bond acceptors (Lipinski definition) is 1. The van der Waals surface area contributed by atoms with Gasteiger partial charge in [0.2, 0.25) is 0 Å². The number of nitrogens with zero attached hydrogens (tertiary/aromatic N) is 2. The molecule has 0 unspecified atom stereocenters. The zero-order valence-electron chi connectivity index (χ0n) is 5.59. The van der Waals surface area contributed by atoms with E-state index < -0.39 is 0 Å². The zero-order chi connectivity index (χ0) is 5.86. The van der Waals surface area contributed by atoms with Gasteiger partial charge in [0.15, 0.2) is 0 Å². The molecule has 0 aliphatic heterocycles. The molecule has 0 saturated carbocycles. The Balaban J connectivity index is -0.000000180. The zero-order valence-corrected chi connectivity index (χ0v) is 14.7. The fourth-order valence-corrected chi connectivity index (χ4v) is 0.112. The van der Waals surface area contributed by atoms with Gasteiger partial charge in [-0.3, -0.25) is 0 Å². The molecule has 0 aliphatic rings. The van der Waals surface area contributed by atoms with E-state index in [-0.39, 0.29) is 26.3 Å². The predicted octanol–water partition coefficient (Wildman–Crippen LogP) is 0.195. The molecule has 0 heterocycles. The Morgan fingerprint density at radius 2 is 2.00 bits per heavy atom. The van der Waals surface area contributed by atoms with Crippen molar-refractivity contribution in [1.82, 2.24) is 5.01 Å². The third-order valence-electron chi connectivity index (χ3n) is 0.661. The van der Waals surface area contributed by atoms with Crippen molar-refractivity contribution >= 4 is 5.91 Å². The molecule has 0 saturated heterocycles. The summed E-state index contributed by atoms with van der Waals surface area (Å²) in [7, 11) is 3.08. The number of hydrogen-bond donors (Lipinski definition) is 0. The minimum absolute atomic E-state index is 0. The van der Waals surface area contributed by atoms with Gasteiger partial charge in [-0.15, -0.1) is 7.05 Å².